The van der Waals surface area contributed by atoms with E-state index in [9.17, 15) is 4.79 Å². The molecule has 2 rings (SSSR count). The molecule has 100 valence electrons. The van der Waals surface area contributed by atoms with Gasteiger partial charge in [-0.15, -0.1) is 11.3 Å². The fourth-order valence-electron chi connectivity index (χ4n) is 1.75. The van der Waals surface area contributed by atoms with Crippen molar-refractivity contribution >= 4 is 17.3 Å². The van der Waals surface area contributed by atoms with Crippen LogP contribution >= 0.6 is 11.3 Å². The first-order chi connectivity index (χ1) is 9.13. The van der Waals surface area contributed by atoms with E-state index in [-0.39, 0.29) is 6.54 Å². The molecule has 0 atom stereocenters. The van der Waals surface area contributed by atoms with Crippen LogP contribution in [-0.2, 0) is 17.9 Å². The minimum atomic E-state index is -0.843. The summed E-state index contributed by atoms with van der Waals surface area (Å²) in [5, 5.41) is 9.89. The van der Waals surface area contributed by atoms with E-state index in [0.29, 0.717) is 13.1 Å². The molecule has 2 aromatic heterocycles. The number of nitrogens with zero attached hydrogens (tertiary/aromatic N) is 3. The van der Waals surface area contributed by atoms with Gasteiger partial charge in [0.15, 0.2) is 0 Å². The Labute approximate surface area is 115 Å². The highest BCUT2D eigenvalue weighted by atomic mass is 32.1. The molecular formula is C13H15N3O2S. The van der Waals surface area contributed by atoms with Crippen molar-refractivity contribution in [2.45, 2.75) is 20.0 Å². The van der Waals surface area contributed by atoms with E-state index < -0.39 is 5.97 Å². The Morgan fingerprint density at radius 1 is 1.37 bits per heavy atom. The highest BCUT2D eigenvalue weighted by Gasteiger charge is 2.13. The molecule has 0 bridgehead atoms. The van der Waals surface area contributed by atoms with Crippen LogP contribution in [0.2, 0.25) is 0 Å². The zero-order valence-corrected chi connectivity index (χ0v) is 11.4. The van der Waals surface area contributed by atoms with E-state index in [1.807, 2.05) is 30.0 Å². The van der Waals surface area contributed by atoms with Gasteiger partial charge in [-0.3, -0.25) is 14.7 Å². The number of carboxylic acids is 1. The van der Waals surface area contributed by atoms with Gasteiger partial charge in [-0.25, -0.2) is 4.98 Å². The topological polar surface area (TPSA) is 66.3 Å². The number of carboxylic acid groups (broad SMARTS) is 1. The number of aromatic nitrogens is 2. The van der Waals surface area contributed by atoms with Crippen molar-refractivity contribution in [3.8, 4) is 0 Å². The van der Waals surface area contributed by atoms with Crippen LogP contribution in [0.3, 0.4) is 0 Å². The minimum Gasteiger partial charge on any atom is -0.480 e. The third-order valence-electron chi connectivity index (χ3n) is 2.50. The number of hydrogen-bond donors (Lipinski definition) is 1. The van der Waals surface area contributed by atoms with Crippen molar-refractivity contribution in [2.75, 3.05) is 6.54 Å². The van der Waals surface area contributed by atoms with Crippen LogP contribution in [0.4, 0.5) is 0 Å². The molecule has 2 heterocycles. The van der Waals surface area contributed by atoms with Gasteiger partial charge in [-0.1, -0.05) is 6.07 Å². The van der Waals surface area contributed by atoms with E-state index in [1.54, 1.807) is 23.7 Å². The van der Waals surface area contributed by atoms with Crippen LogP contribution in [0.15, 0.2) is 30.6 Å². The molecule has 0 aliphatic heterocycles. The van der Waals surface area contributed by atoms with Crippen molar-refractivity contribution in [2.24, 2.45) is 0 Å². The fraction of sp³-hybridized carbons (Fsp3) is 0.308. The Balaban J connectivity index is 2.05. The summed E-state index contributed by atoms with van der Waals surface area (Å²) in [5.74, 6) is -0.843. The normalized spacial score (nSPS) is 10.8. The molecule has 0 aromatic carbocycles. The van der Waals surface area contributed by atoms with Gasteiger partial charge < -0.3 is 5.11 Å². The van der Waals surface area contributed by atoms with Crippen LogP contribution in [0, 0.1) is 6.92 Å². The molecule has 0 amide bonds. The van der Waals surface area contributed by atoms with Gasteiger partial charge in [0.05, 0.1) is 18.8 Å². The molecule has 0 aliphatic carbocycles. The van der Waals surface area contributed by atoms with Crippen molar-refractivity contribution in [3.05, 3.63) is 46.2 Å². The predicted molar refractivity (Wildman–Crippen MR) is 72.8 cm³/mol. The van der Waals surface area contributed by atoms with Crippen LogP contribution in [0.1, 0.15) is 15.6 Å². The standard InChI is InChI=1S/C13H15N3O2S/c1-10-6-15-12(19-10)8-16(9-13(17)18)7-11-4-2-3-5-14-11/h2-6H,7-9H2,1H3,(H,17,18). The monoisotopic (exact) mass is 277 g/mol. The maximum atomic E-state index is 10.9. The molecular weight excluding hydrogens is 262 g/mol. The van der Waals surface area contributed by atoms with E-state index >= 15 is 0 Å². The lowest BCUT2D eigenvalue weighted by Gasteiger charge is -2.18. The maximum absolute atomic E-state index is 10.9. The van der Waals surface area contributed by atoms with Gasteiger partial charge in [0, 0.05) is 23.8 Å². The molecule has 0 spiro atoms. The summed E-state index contributed by atoms with van der Waals surface area (Å²) in [6, 6.07) is 5.63. The van der Waals surface area contributed by atoms with Crippen molar-refractivity contribution in [3.63, 3.8) is 0 Å². The zero-order valence-electron chi connectivity index (χ0n) is 10.6. The molecule has 0 radical (unpaired) electrons. The summed E-state index contributed by atoms with van der Waals surface area (Å²) in [4.78, 5) is 22.4. The number of pyridine rings is 1. The summed E-state index contributed by atoms with van der Waals surface area (Å²) in [5.41, 5.74) is 0.858. The quantitative estimate of drug-likeness (QED) is 0.874. The first-order valence-corrected chi connectivity index (χ1v) is 6.70. The Kier molecular flexibility index (Phi) is 4.59. The van der Waals surface area contributed by atoms with Crippen molar-refractivity contribution in [1.82, 2.24) is 14.9 Å². The third-order valence-corrected chi connectivity index (χ3v) is 3.40. The second-order valence-corrected chi connectivity index (χ2v) is 5.54. The first-order valence-electron chi connectivity index (χ1n) is 5.89. The highest BCUT2D eigenvalue weighted by Crippen LogP contribution is 2.14. The lowest BCUT2D eigenvalue weighted by Crippen LogP contribution is -2.29. The second kappa shape index (κ2) is 6.40. The Hall–Kier alpha value is -1.79. The number of hydrogen-bond acceptors (Lipinski definition) is 5. The molecule has 2 aromatic rings. The smallest absolute Gasteiger partial charge is 0.317 e. The van der Waals surface area contributed by atoms with Crippen LogP contribution in [0.5, 0.6) is 0 Å². The predicted octanol–water partition coefficient (Wildman–Crippen LogP) is 1.93. The third kappa shape index (κ3) is 4.42. The Morgan fingerprint density at radius 3 is 2.79 bits per heavy atom. The van der Waals surface area contributed by atoms with Gasteiger partial charge in [-0.05, 0) is 19.1 Å². The molecule has 0 saturated heterocycles. The van der Waals surface area contributed by atoms with Gasteiger partial charge in [0.25, 0.3) is 0 Å². The van der Waals surface area contributed by atoms with Gasteiger partial charge in [0.2, 0.25) is 0 Å². The van der Waals surface area contributed by atoms with E-state index in [4.69, 9.17) is 5.11 Å². The maximum Gasteiger partial charge on any atom is 0.317 e. The van der Waals surface area contributed by atoms with Gasteiger partial charge >= 0.3 is 5.97 Å². The molecule has 5 nitrogen and oxygen atoms in total. The highest BCUT2D eigenvalue weighted by molar-refractivity contribution is 7.11. The number of rotatable bonds is 6. The lowest BCUT2D eigenvalue weighted by atomic mass is 10.3. The zero-order chi connectivity index (χ0) is 13.7. The average molecular weight is 277 g/mol. The molecule has 0 aliphatic rings. The van der Waals surface area contributed by atoms with Crippen LogP contribution in [0.25, 0.3) is 0 Å². The number of carbonyl (C=O) groups is 1. The summed E-state index contributed by atoms with van der Waals surface area (Å²) in [6.07, 6.45) is 3.52. The molecule has 0 fully saturated rings. The number of aryl methyl sites for hydroxylation is 1. The molecule has 0 unspecified atom stereocenters. The van der Waals surface area contributed by atoms with E-state index in [0.717, 1.165) is 15.6 Å². The summed E-state index contributed by atoms with van der Waals surface area (Å²) < 4.78 is 0. The van der Waals surface area contributed by atoms with E-state index in [1.165, 1.54) is 0 Å². The van der Waals surface area contributed by atoms with Gasteiger partial charge in [0.1, 0.15) is 5.01 Å². The van der Waals surface area contributed by atoms with Crippen LogP contribution in [-0.4, -0.2) is 32.5 Å². The van der Waals surface area contributed by atoms with Crippen LogP contribution < -0.4 is 0 Å². The van der Waals surface area contributed by atoms with Crippen molar-refractivity contribution < 1.29 is 9.90 Å². The molecule has 0 saturated carbocycles. The summed E-state index contributed by atoms with van der Waals surface area (Å²) in [6.45, 7) is 3.00. The fourth-order valence-corrected chi connectivity index (χ4v) is 2.58. The molecule has 19 heavy (non-hydrogen) atoms. The summed E-state index contributed by atoms with van der Waals surface area (Å²) in [7, 11) is 0. The lowest BCUT2D eigenvalue weighted by molar-refractivity contribution is -0.138. The first kappa shape index (κ1) is 13.6. The SMILES string of the molecule is Cc1cnc(CN(CC(=O)O)Cc2ccccn2)s1. The number of aliphatic carboxylic acids is 1. The molecule has 6 heteroatoms. The number of thiazole rings is 1. The summed E-state index contributed by atoms with van der Waals surface area (Å²) >= 11 is 1.59. The van der Waals surface area contributed by atoms with Crippen molar-refractivity contribution in [1.29, 1.82) is 0 Å². The Morgan fingerprint density at radius 2 is 2.21 bits per heavy atom. The largest absolute Gasteiger partial charge is 0.480 e. The van der Waals surface area contributed by atoms with E-state index in [2.05, 4.69) is 9.97 Å². The average Bonchev–Trinajstić information content (AvgIpc) is 2.75. The second-order valence-electron chi connectivity index (χ2n) is 4.22. The minimum absolute atomic E-state index is 0.0186. The molecule has 1 N–H and O–H groups in total. The Bertz CT molecular complexity index is 542. The van der Waals surface area contributed by atoms with Gasteiger partial charge in [-0.2, -0.15) is 0 Å².